The Morgan fingerprint density at radius 3 is 2.55 bits per heavy atom. The summed E-state index contributed by atoms with van der Waals surface area (Å²) in [5.41, 5.74) is 4.26. The first kappa shape index (κ1) is 14.6. The summed E-state index contributed by atoms with van der Waals surface area (Å²) < 4.78 is 15.4. The van der Waals surface area contributed by atoms with Crippen LogP contribution in [0.4, 0.5) is 4.39 Å². The van der Waals surface area contributed by atoms with Crippen LogP contribution < -0.4 is 0 Å². The van der Waals surface area contributed by atoms with Crippen molar-refractivity contribution in [2.45, 2.75) is 26.2 Å². The van der Waals surface area contributed by atoms with Gasteiger partial charge in [0.15, 0.2) is 0 Å². The minimum atomic E-state index is -0.222. The summed E-state index contributed by atoms with van der Waals surface area (Å²) in [4.78, 5) is 0. The first-order valence-corrected chi connectivity index (χ1v) is 7.75. The number of aryl methyl sites for hydroxylation is 1. The van der Waals surface area contributed by atoms with Crippen molar-refractivity contribution in [3.8, 4) is 0 Å². The Hall–Kier alpha value is -2.35. The van der Waals surface area contributed by atoms with E-state index in [2.05, 4.69) is 42.3 Å². The Morgan fingerprint density at radius 2 is 1.82 bits per heavy atom. The topological polar surface area (TPSA) is 4.93 Å². The van der Waals surface area contributed by atoms with Crippen LogP contribution in [0.3, 0.4) is 0 Å². The Morgan fingerprint density at radius 1 is 1.09 bits per heavy atom. The van der Waals surface area contributed by atoms with E-state index in [0.29, 0.717) is 0 Å². The number of halogens is 1. The van der Waals surface area contributed by atoms with Crippen LogP contribution in [0.25, 0.3) is 16.6 Å². The van der Waals surface area contributed by atoms with Crippen molar-refractivity contribution in [3.63, 3.8) is 0 Å². The van der Waals surface area contributed by atoms with Gasteiger partial charge in [-0.05, 0) is 54.8 Å². The molecule has 0 aliphatic rings. The van der Waals surface area contributed by atoms with E-state index in [-0.39, 0.29) is 5.82 Å². The Labute approximate surface area is 130 Å². The van der Waals surface area contributed by atoms with Crippen LogP contribution in [0.2, 0.25) is 0 Å². The van der Waals surface area contributed by atoms with Crippen molar-refractivity contribution in [2.75, 3.05) is 0 Å². The van der Waals surface area contributed by atoms with E-state index in [4.69, 9.17) is 0 Å². The normalized spacial score (nSPS) is 11.0. The Kier molecular flexibility index (Phi) is 4.10. The zero-order valence-electron chi connectivity index (χ0n) is 12.8. The SMILES string of the molecule is C=C(c1ccc(F)cc1)n1c(CCCC)cc2ccccc21. The number of hydrogen-bond acceptors (Lipinski definition) is 0. The average Bonchev–Trinajstić information content (AvgIpc) is 2.91. The molecule has 1 aromatic heterocycles. The van der Waals surface area contributed by atoms with Gasteiger partial charge >= 0.3 is 0 Å². The van der Waals surface area contributed by atoms with Gasteiger partial charge in [0, 0.05) is 16.8 Å². The molecule has 0 unspecified atom stereocenters. The van der Waals surface area contributed by atoms with Gasteiger partial charge in [-0.3, -0.25) is 0 Å². The maximum atomic E-state index is 13.2. The number of hydrogen-bond donors (Lipinski definition) is 0. The molecule has 0 aliphatic carbocycles. The average molecular weight is 293 g/mol. The fourth-order valence-electron chi connectivity index (χ4n) is 2.84. The van der Waals surface area contributed by atoms with Gasteiger partial charge in [-0.2, -0.15) is 0 Å². The van der Waals surface area contributed by atoms with Crippen LogP contribution in [0.15, 0.2) is 61.2 Å². The minimum Gasteiger partial charge on any atom is -0.314 e. The maximum Gasteiger partial charge on any atom is 0.123 e. The maximum absolute atomic E-state index is 13.2. The first-order chi connectivity index (χ1) is 10.7. The van der Waals surface area contributed by atoms with E-state index in [9.17, 15) is 4.39 Å². The van der Waals surface area contributed by atoms with Crippen molar-refractivity contribution >= 4 is 16.6 Å². The molecule has 0 amide bonds. The van der Waals surface area contributed by atoms with E-state index < -0.39 is 0 Å². The number of unbranched alkanes of at least 4 members (excludes halogenated alkanes) is 1. The molecule has 0 fully saturated rings. The van der Waals surface area contributed by atoms with Gasteiger partial charge in [0.25, 0.3) is 0 Å². The third-order valence-electron chi connectivity index (χ3n) is 4.02. The predicted octanol–water partition coefficient (Wildman–Crippen LogP) is 5.64. The van der Waals surface area contributed by atoms with Crippen molar-refractivity contribution in [1.29, 1.82) is 0 Å². The quantitative estimate of drug-likeness (QED) is 0.573. The van der Waals surface area contributed by atoms with Gasteiger partial charge in [-0.1, -0.05) is 38.1 Å². The first-order valence-electron chi connectivity index (χ1n) is 7.75. The summed E-state index contributed by atoms with van der Waals surface area (Å²) in [7, 11) is 0. The van der Waals surface area contributed by atoms with E-state index in [1.807, 2.05) is 6.07 Å². The second-order valence-electron chi connectivity index (χ2n) is 5.59. The van der Waals surface area contributed by atoms with Crippen LogP contribution in [0.5, 0.6) is 0 Å². The largest absolute Gasteiger partial charge is 0.314 e. The molecule has 0 spiro atoms. The van der Waals surface area contributed by atoms with E-state index >= 15 is 0 Å². The smallest absolute Gasteiger partial charge is 0.123 e. The highest BCUT2D eigenvalue weighted by Gasteiger charge is 2.12. The summed E-state index contributed by atoms with van der Waals surface area (Å²) in [6, 6.07) is 17.1. The molecule has 0 atom stereocenters. The molecule has 2 aromatic carbocycles. The summed E-state index contributed by atoms with van der Waals surface area (Å²) >= 11 is 0. The van der Waals surface area contributed by atoms with Crippen LogP contribution in [0.1, 0.15) is 31.0 Å². The van der Waals surface area contributed by atoms with Crippen LogP contribution in [-0.2, 0) is 6.42 Å². The van der Waals surface area contributed by atoms with E-state index in [1.54, 1.807) is 12.1 Å². The van der Waals surface area contributed by atoms with Gasteiger partial charge in [-0.15, -0.1) is 0 Å². The fourth-order valence-corrected chi connectivity index (χ4v) is 2.84. The molecular formula is C20H20FN. The lowest BCUT2D eigenvalue weighted by atomic mass is 10.1. The van der Waals surface area contributed by atoms with E-state index in [1.165, 1.54) is 23.2 Å². The summed E-state index contributed by atoms with van der Waals surface area (Å²) in [6.45, 7) is 6.45. The highest BCUT2D eigenvalue weighted by Crippen LogP contribution is 2.27. The van der Waals surface area contributed by atoms with Crippen molar-refractivity contribution in [2.24, 2.45) is 0 Å². The lowest BCUT2D eigenvalue weighted by Gasteiger charge is -2.14. The van der Waals surface area contributed by atoms with Gasteiger partial charge in [0.2, 0.25) is 0 Å². The molecule has 0 saturated carbocycles. The number of fused-ring (bicyclic) bond motifs is 1. The molecule has 3 aromatic rings. The number of para-hydroxylation sites is 1. The molecule has 112 valence electrons. The van der Waals surface area contributed by atoms with Crippen molar-refractivity contribution in [3.05, 3.63) is 78.3 Å². The molecule has 0 saturated heterocycles. The standard InChI is InChI=1S/C20H20FN/c1-3-4-8-19-14-17-7-5-6-9-20(17)22(19)15(2)16-10-12-18(21)13-11-16/h5-7,9-14H,2-4,8H2,1H3. The number of benzene rings is 2. The lowest BCUT2D eigenvalue weighted by molar-refractivity contribution is 0.627. The molecule has 0 radical (unpaired) electrons. The molecule has 1 heterocycles. The highest BCUT2D eigenvalue weighted by molar-refractivity contribution is 5.86. The third kappa shape index (κ3) is 2.69. The Balaban J connectivity index is 2.10. The molecular weight excluding hydrogens is 273 g/mol. The summed E-state index contributed by atoms with van der Waals surface area (Å²) in [5, 5.41) is 1.22. The second kappa shape index (κ2) is 6.18. The van der Waals surface area contributed by atoms with Gasteiger partial charge in [-0.25, -0.2) is 4.39 Å². The molecule has 1 nitrogen and oxygen atoms in total. The molecule has 22 heavy (non-hydrogen) atoms. The van der Waals surface area contributed by atoms with Crippen molar-refractivity contribution < 1.29 is 4.39 Å². The Bertz CT molecular complexity index is 796. The van der Waals surface area contributed by atoms with Gasteiger partial charge in [0.1, 0.15) is 5.82 Å². The fraction of sp³-hybridized carbons (Fsp3) is 0.200. The van der Waals surface area contributed by atoms with Crippen LogP contribution >= 0.6 is 0 Å². The number of nitrogens with zero attached hydrogens (tertiary/aromatic N) is 1. The molecule has 0 aliphatic heterocycles. The third-order valence-corrected chi connectivity index (χ3v) is 4.02. The zero-order chi connectivity index (χ0) is 15.5. The number of rotatable bonds is 5. The summed E-state index contributed by atoms with van der Waals surface area (Å²) in [5.74, 6) is -0.222. The molecule has 0 bridgehead atoms. The molecule has 3 rings (SSSR count). The molecule has 2 heteroatoms. The van der Waals surface area contributed by atoms with Crippen LogP contribution in [-0.4, -0.2) is 4.57 Å². The highest BCUT2D eigenvalue weighted by atomic mass is 19.1. The second-order valence-corrected chi connectivity index (χ2v) is 5.59. The van der Waals surface area contributed by atoms with Crippen molar-refractivity contribution in [1.82, 2.24) is 4.57 Å². The molecule has 0 N–H and O–H groups in total. The summed E-state index contributed by atoms with van der Waals surface area (Å²) in [6.07, 6.45) is 3.32. The van der Waals surface area contributed by atoms with Crippen LogP contribution in [0, 0.1) is 5.82 Å². The zero-order valence-corrected chi connectivity index (χ0v) is 12.8. The van der Waals surface area contributed by atoms with E-state index in [0.717, 1.165) is 36.0 Å². The van der Waals surface area contributed by atoms with Gasteiger partial charge in [0.05, 0.1) is 5.52 Å². The minimum absolute atomic E-state index is 0.222. The lowest BCUT2D eigenvalue weighted by Crippen LogP contribution is -2.03. The van der Waals surface area contributed by atoms with Gasteiger partial charge < -0.3 is 4.57 Å². The monoisotopic (exact) mass is 293 g/mol. The number of aromatic nitrogens is 1. The predicted molar refractivity (Wildman–Crippen MR) is 91.4 cm³/mol.